The van der Waals surface area contributed by atoms with E-state index in [-0.39, 0.29) is 11.9 Å². The Hall–Kier alpha value is -1.61. The molecule has 2 nitrogen and oxygen atoms in total. The van der Waals surface area contributed by atoms with E-state index < -0.39 is 0 Å². The smallest absolute Gasteiger partial charge is 0.170 e. The highest BCUT2D eigenvalue weighted by atomic mass is 32.1. The number of fused-ring (bicyclic) bond motifs is 1. The quantitative estimate of drug-likeness (QED) is 0.763. The Labute approximate surface area is 104 Å². The van der Waals surface area contributed by atoms with Gasteiger partial charge in [-0.1, -0.05) is 11.6 Å². The number of carbonyl (C=O) groups is 1. The second-order valence-electron chi connectivity index (χ2n) is 4.29. The first-order chi connectivity index (χ1) is 8.24. The van der Waals surface area contributed by atoms with E-state index in [1.54, 1.807) is 11.3 Å². The SMILES string of the molecule is Cc1ccc2c(c1)C(=O)CC(c1ccsc1)O2. The van der Waals surface area contributed by atoms with E-state index in [4.69, 9.17) is 4.74 Å². The summed E-state index contributed by atoms with van der Waals surface area (Å²) in [7, 11) is 0. The Bertz CT molecular complexity index is 558. The van der Waals surface area contributed by atoms with Gasteiger partial charge in [-0.25, -0.2) is 0 Å². The number of aryl methyl sites for hydroxylation is 1. The monoisotopic (exact) mass is 244 g/mol. The molecule has 1 aliphatic heterocycles. The predicted molar refractivity (Wildman–Crippen MR) is 67.8 cm³/mol. The third-order valence-corrected chi connectivity index (χ3v) is 3.69. The summed E-state index contributed by atoms with van der Waals surface area (Å²) >= 11 is 1.63. The van der Waals surface area contributed by atoms with E-state index >= 15 is 0 Å². The zero-order chi connectivity index (χ0) is 11.8. The van der Waals surface area contributed by atoms with Crippen LogP contribution >= 0.6 is 11.3 Å². The number of benzene rings is 1. The Kier molecular flexibility index (Phi) is 2.48. The number of ether oxygens (including phenoxy) is 1. The fraction of sp³-hybridized carbons (Fsp3) is 0.214. The van der Waals surface area contributed by atoms with Crippen LogP contribution in [0.2, 0.25) is 0 Å². The summed E-state index contributed by atoms with van der Waals surface area (Å²) in [6.45, 7) is 1.98. The first-order valence-electron chi connectivity index (χ1n) is 5.56. The Balaban J connectivity index is 1.99. The number of thiophene rings is 1. The van der Waals surface area contributed by atoms with Gasteiger partial charge in [0, 0.05) is 5.56 Å². The average molecular weight is 244 g/mol. The molecule has 1 aromatic heterocycles. The maximum atomic E-state index is 12.1. The Morgan fingerprint density at radius 2 is 2.24 bits per heavy atom. The molecule has 2 heterocycles. The van der Waals surface area contributed by atoms with Crippen molar-refractivity contribution in [2.45, 2.75) is 19.4 Å². The maximum absolute atomic E-state index is 12.1. The molecule has 1 aromatic carbocycles. The van der Waals surface area contributed by atoms with Crippen molar-refractivity contribution in [2.75, 3.05) is 0 Å². The van der Waals surface area contributed by atoms with Gasteiger partial charge in [-0.15, -0.1) is 0 Å². The normalized spacial score (nSPS) is 18.6. The van der Waals surface area contributed by atoms with Crippen LogP contribution < -0.4 is 4.74 Å². The van der Waals surface area contributed by atoms with Gasteiger partial charge >= 0.3 is 0 Å². The highest BCUT2D eigenvalue weighted by Crippen LogP contribution is 2.35. The van der Waals surface area contributed by atoms with Gasteiger partial charge in [0.25, 0.3) is 0 Å². The lowest BCUT2D eigenvalue weighted by molar-refractivity contribution is 0.0850. The second kappa shape index (κ2) is 4.00. The van der Waals surface area contributed by atoms with Crippen LogP contribution in [0.15, 0.2) is 35.0 Å². The first kappa shape index (κ1) is 10.5. The van der Waals surface area contributed by atoms with E-state index in [2.05, 4.69) is 0 Å². The average Bonchev–Trinajstić information content (AvgIpc) is 2.83. The zero-order valence-corrected chi connectivity index (χ0v) is 10.3. The number of rotatable bonds is 1. The number of carbonyl (C=O) groups excluding carboxylic acids is 1. The van der Waals surface area contributed by atoms with E-state index in [0.29, 0.717) is 12.2 Å². The highest BCUT2D eigenvalue weighted by molar-refractivity contribution is 7.07. The van der Waals surface area contributed by atoms with Crippen molar-refractivity contribution in [3.05, 3.63) is 51.7 Å². The molecule has 1 aliphatic rings. The predicted octanol–water partition coefficient (Wildman–Crippen LogP) is 3.76. The van der Waals surface area contributed by atoms with Crippen molar-refractivity contribution in [2.24, 2.45) is 0 Å². The third-order valence-electron chi connectivity index (χ3n) is 2.99. The summed E-state index contributed by atoms with van der Waals surface area (Å²) in [6.07, 6.45) is 0.316. The molecule has 3 heteroatoms. The lowest BCUT2D eigenvalue weighted by atomic mass is 9.96. The molecule has 0 aliphatic carbocycles. The molecule has 17 heavy (non-hydrogen) atoms. The molecule has 0 fully saturated rings. The van der Waals surface area contributed by atoms with Crippen LogP contribution in [-0.4, -0.2) is 5.78 Å². The molecule has 0 radical (unpaired) electrons. The lowest BCUT2D eigenvalue weighted by Gasteiger charge is -2.24. The lowest BCUT2D eigenvalue weighted by Crippen LogP contribution is -2.20. The Morgan fingerprint density at radius 1 is 1.35 bits per heavy atom. The number of hydrogen-bond donors (Lipinski definition) is 0. The fourth-order valence-electron chi connectivity index (χ4n) is 2.08. The third kappa shape index (κ3) is 1.87. The molecule has 0 spiro atoms. The fourth-order valence-corrected chi connectivity index (χ4v) is 2.78. The van der Waals surface area contributed by atoms with Gasteiger partial charge in [-0.3, -0.25) is 4.79 Å². The molecule has 0 saturated carbocycles. The summed E-state index contributed by atoms with van der Waals surface area (Å²) < 4.78 is 5.89. The maximum Gasteiger partial charge on any atom is 0.170 e. The minimum atomic E-state index is -0.121. The van der Waals surface area contributed by atoms with Crippen LogP contribution in [0.5, 0.6) is 5.75 Å². The standard InChI is InChI=1S/C14H12O2S/c1-9-2-3-13-11(6-9)12(15)7-14(16-13)10-4-5-17-8-10/h2-6,8,14H,7H2,1H3. The van der Waals surface area contributed by atoms with Crippen molar-refractivity contribution in [1.82, 2.24) is 0 Å². The molecule has 0 saturated heterocycles. The molecule has 1 unspecified atom stereocenters. The van der Waals surface area contributed by atoms with Crippen LogP contribution in [-0.2, 0) is 0 Å². The summed E-state index contributed by atoms with van der Waals surface area (Å²) in [5, 5.41) is 4.05. The molecule has 3 rings (SSSR count). The molecule has 1 atom stereocenters. The van der Waals surface area contributed by atoms with Gasteiger partial charge in [0.1, 0.15) is 11.9 Å². The molecular weight excluding hydrogens is 232 g/mol. The van der Waals surface area contributed by atoms with Gasteiger partial charge in [-0.2, -0.15) is 11.3 Å². The summed E-state index contributed by atoms with van der Waals surface area (Å²) in [5.74, 6) is 0.884. The highest BCUT2D eigenvalue weighted by Gasteiger charge is 2.27. The minimum Gasteiger partial charge on any atom is -0.484 e. The molecule has 0 N–H and O–H groups in total. The van der Waals surface area contributed by atoms with Crippen molar-refractivity contribution in [3.8, 4) is 5.75 Å². The summed E-state index contributed by atoms with van der Waals surface area (Å²) in [4.78, 5) is 12.1. The van der Waals surface area contributed by atoms with Gasteiger partial charge < -0.3 is 4.74 Å². The molecular formula is C14H12O2S. The van der Waals surface area contributed by atoms with E-state index in [0.717, 1.165) is 16.7 Å². The summed E-state index contributed by atoms with van der Waals surface area (Å²) in [6, 6.07) is 7.78. The first-order valence-corrected chi connectivity index (χ1v) is 6.51. The van der Waals surface area contributed by atoms with Crippen molar-refractivity contribution < 1.29 is 9.53 Å². The van der Waals surface area contributed by atoms with E-state index in [9.17, 15) is 4.79 Å². The number of ketones is 1. The van der Waals surface area contributed by atoms with Crippen LogP contribution in [0.1, 0.15) is 34.0 Å². The van der Waals surface area contributed by atoms with E-state index in [1.165, 1.54) is 0 Å². The van der Waals surface area contributed by atoms with Crippen LogP contribution in [0.3, 0.4) is 0 Å². The molecule has 0 bridgehead atoms. The minimum absolute atomic E-state index is 0.121. The van der Waals surface area contributed by atoms with Crippen LogP contribution in [0.25, 0.3) is 0 Å². The molecule has 2 aromatic rings. The second-order valence-corrected chi connectivity index (χ2v) is 5.07. The molecule has 0 amide bonds. The number of hydrogen-bond acceptors (Lipinski definition) is 3. The van der Waals surface area contributed by atoms with Gasteiger partial charge in [0.2, 0.25) is 0 Å². The Morgan fingerprint density at radius 3 is 3.00 bits per heavy atom. The van der Waals surface area contributed by atoms with E-state index in [1.807, 2.05) is 41.9 Å². The summed E-state index contributed by atoms with van der Waals surface area (Å²) in [5.41, 5.74) is 2.90. The van der Waals surface area contributed by atoms with Crippen molar-refractivity contribution in [1.29, 1.82) is 0 Å². The van der Waals surface area contributed by atoms with Crippen molar-refractivity contribution in [3.63, 3.8) is 0 Å². The van der Waals surface area contributed by atoms with Crippen molar-refractivity contribution >= 4 is 17.1 Å². The van der Waals surface area contributed by atoms with Gasteiger partial charge in [0.15, 0.2) is 5.78 Å². The zero-order valence-electron chi connectivity index (χ0n) is 9.47. The molecule has 86 valence electrons. The topological polar surface area (TPSA) is 26.3 Å². The van der Waals surface area contributed by atoms with Gasteiger partial charge in [-0.05, 0) is 35.9 Å². The van der Waals surface area contributed by atoms with Crippen LogP contribution in [0.4, 0.5) is 0 Å². The van der Waals surface area contributed by atoms with Crippen LogP contribution in [0, 0.1) is 6.92 Å². The number of Topliss-reactive ketones (excluding diaryl/α,β-unsaturated/α-hetero) is 1. The largest absolute Gasteiger partial charge is 0.484 e. The van der Waals surface area contributed by atoms with Gasteiger partial charge in [0.05, 0.1) is 12.0 Å².